The molecule has 148 valence electrons. The number of nitrogens with two attached hydrogens (primary N) is 1. The molecule has 3 N–H and O–H groups in total. The van der Waals surface area contributed by atoms with E-state index in [1.54, 1.807) is 0 Å². The van der Waals surface area contributed by atoms with Crippen molar-refractivity contribution in [2.75, 3.05) is 18.5 Å². The smallest absolute Gasteiger partial charge is 0.193 e. The molecule has 2 heterocycles. The molecule has 8 heteroatoms. The molecule has 0 radical (unpaired) electrons. The second kappa shape index (κ2) is 10.4. The molecule has 0 aliphatic carbocycles. The van der Waals surface area contributed by atoms with Crippen molar-refractivity contribution in [2.45, 2.75) is 45.6 Å². The summed E-state index contributed by atoms with van der Waals surface area (Å²) >= 11 is 0. The average molecular weight is 486 g/mol. The van der Waals surface area contributed by atoms with E-state index in [4.69, 9.17) is 19.7 Å². The van der Waals surface area contributed by atoms with Gasteiger partial charge in [-0.2, -0.15) is 0 Å². The minimum Gasteiger partial charge on any atom is -0.490 e. The number of rotatable bonds is 6. The maximum absolute atomic E-state index is 5.98. The maximum Gasteiger partial charge on any atom is 0.193 e. The number of guanidine groups is 1. The Morgan fingerprint density at radius 1 is 1.19 bits per heavy atom. The van der Waals surface area contributed by atoms with Gasteiger partial charge >= 0.3 is 0 Å². The molecule has 7 nitrogen and oxygen atoms in total. The largest absolute Gasteiger partial charge is 0.490 e. The maximum atomic E-state index is 5.98. The molecule has 0 spiro atoms. The molecule has 0 fully saturated rings. The molecule has 0 saturated heterocycles. The van der Waals surface area contributed by atoms with Crippen molar-refractivity contribution in [2.24, 2.45) is 10.7 Å². The lowest BCUT2D eigenvalue weighted by atomic mass is 9.99. The zero-order valence-corrected chi connectivity index (χ0v) is 18.1. The Balaban J connectivity index is 0.00000261. The van der Waals surface area contributed by atoms with Gasteiger partial charge in [0, 0.05) is 30.2 Å². The van der Waals surface area contributed by atoms with Crippen molar-refractivity contribution in [3.05, 3.63) is 35.7 Å². The molecule has 0 bridgehead atoms. The molecule has 1 aliphatic rings. The Morgan fingerprint density at radius 2 is 1.93 bits per heavy atom. The third kappa shape index (κ3) is 5.75. The summed E-state index contributed by atoms with van der Waals surface area (Å²) < 4.78 is 16.7. The molecule has 1 aliphatic heterocycles. The summed E-state index contributed by atoms with van der Waals surface area (Å²) in [5, 5.41) is 7.21. The van der Waals surface area contributed by atoms with Gasteiger partial charge in [-0.05, 0) is 25.0 Å². The Labute approximate surface area is 176 Å². The molecule has 0 amide bonds. The van der Waals surface area contributed by atoms with Crippen LogP contribution < -0.4 is 20.5 Å². The van der Waals surface area contributed by atoms with Gasteiger partial charge in [0.25, 0.3) is 0 Å². The number of aromatic nitrogens is 1. The summed E-state index contributed by atoms with van der Waals surface area (Å²) in [4.78, 5) is 4.32. The fourth-order valence-electron chi connectivity index (χ4n) is 2.89. The van der Waals surface area contributed by atoms with Crippen LogP contribution in [0.5, 0.6) is 11.5 Å². The van der Waals surface area contributed by atoms with Gasteiger partial charge in [-0.3, -0.25) is 0 Å². The van der Waals surface area contributed by atoms with Crippen molar-refractivity contribution in [1.29, 1.82) is 0 Å². The first kappa shape index (κ1) is 21.3. The van der Waals surface area contributed by atoms with Crippen LogP contribution >= 0.6 is 24.0 Å². The Kier molecular flexibility index (Phi) is 8.21. The summed E-state index contributed by atoms with van der Waals surface area (Å²) in [5.41, 5.74) is 7.76. The van der Waals surface area contributed by atoms with Gasteiger partial charge in [0.15, 0.2) is 23.2 Å². The molecule has 0 unspecified atom stereocenters. The number of fused-ring (bicyclic) bond motifs is 1. The van der Waals surface area contributed by atoms with Crippen LogP contribution in [0.1, 0.15) is 50.5 Å². The highest BCUT2D eigenvalue weighted by atomic mass is 127. The Bertz CT molecular complexity index is 759. The van der Waals surface area contributed by atoms with Crippen LogP contribution in [0.15, 0.2) is 33.8 Å². The van der Waals surface area contributed by atoms with Gasteiger partial charge in [0.1, 0.15) is 6.54 Å². The quantitative estimate of drug-likeness (QED) is 0.360. The summed E-state index contributed by atoms with van der Waals surface area (Å²) in [5.74, 6) is 2.90. The summed E-state index contributed by atoms with van der Waals surface area (Å²) in [7, 11) is 0. The highest BCUT2D eigenvalue weighted by Gasteiger charge is 2.13. The minimum absolute atomic E-state index is 0. The number of benzene rings is 1. The van der Waals surface area contributed by atoms with Crippen molar-refractivity contribution in [1.82, 2.24) is 5.16 Å². The Morgan fingerprint density at radius 3 is 2.67 bits per heavy atom. The van der Waals surface area contributed by atoms with Crippen LogP contribution in [0, 0.1) is 0 Å². The van der Waals surface area contributed by atoms with Crippen LogP contribution in [0.4, 0.5) is 5.69 Å². The third-order valence-electron chi connectivity index (χ3n) is 4.41. The van der Waals surface area contributed by atoms with Gasteiger partial charge in [-0.15, -0.1) is 24.0 Å². The lowest BCUT2D eigenvalue weighted by Gasteiger charge is -2.10. The number of nitrogens with zero attached hydrogens (tertiary/aromatic N) is 2. The normalized spacial score (nSPS) is 13.8. The number of anilines is 1. The van der Waals surface area contributed by atoms with Crippen molar-refractivity contribution >= 4 is 35.6 Å². The van der Waals surface area contributed by atoms with E-state index in [1.165, 1.54) is 0 Å². The van der Waals surface area contributed by atoms with Crippen molar-refractivity contribution < 1.29 is 14.0 Å². The molecule has 3 rings (SSSR count). The number of aliphatic imine (C=N–C) groups is 1. The lowest BCUT2D eigenvalue weighted by molar-refractivity contribution is 0.297. The monoisotopic (exact) mass is 486 g/mol. The van der Waals surface area contributed by atoms with Gasteiger partial charge < -0.3 is 25.0 Å². The molecule has 2 aromatic rings. The molecule has 1 aromatic heterocycles. The van der Waals surface area contributed by atoms with E-state index in [0.717, 1.165) is 36.4 Å². The van der Waals surface area contributed by atoms with Gasteiger partial charge in [-0.25, -0.2) is 4.99 Å². The number of hydrogen-bond donors (Lipinski definition) is 2. The van der Waals surface area contributed by atoms with E-state index < -0.39 is 0 Å². The number of hydrogen-bond acceptors (Lipinski definition) is 5. The third-order valence-corrected chi connectivity index (χ3v) is 4.41. The molecule has 0 atom stereocenters. The number of halogens is 1. The fraction of sp³-hybridized carbons (Fsp3) is 0.474. The SMILES string of the molecule is CCC(CC)c1cc(CN=C(N)Nc2ccc3c(c2)OCCCO3)on1.I. The van der Waals surface area contributed by atoms with Crippen molar-refractivity contribution in [3.8, 4) is 11.5 Å². The van der Waals surface area contributed by atoms with E-state index in [2.05, 4.69) is 29.3 Å². The molecular weight excluding hydrogens is 459 g/mol. The summed E-state index contributed by atoms with van der Waals surface area (Å²) in [6, 6.07) is 7.58. The van der Waals surface area contributed by atoms with Gasteiger partial charge in [0.05, 0.1) is 18.9 Å². The van der Waals surface area contributed by atoms with E-state index in [-0.39, 0.29) is 24.0 Å². The van der Waals surface area contributed by atoms with E-state index in [9.17, 15) is 0 Å². The van der Waals surface area contributed by atoms with Gasteiger partial charge in [-0.1, -0.05) is 19.0 Å². The zero-order valence-electron chi connectivity index (χ0n) is 15.7. The van der Waals surface area contributed by atoms with E-state index in [1.807, 2.05) is 24.3 Å². The predicted octanol–water partition coefficient (Wildman–Crippen LogP) is 4.28. The van der Waals surface area contributed by atoms with Crippen LogP contribution in [0.2, 0.25) is 0 Å². The first-order valence-corrected chi connectivity index (χ1v) is 9.11. The molecular formula is C19H27IN4O3. The van der Waals surface area contributed by atoms with Crippen LogP contribution in [0.3, 0.4) is 0 Å². The molecule has 1 aromatic carbocycles. The standard InChI is InChI=1S/C19H26N4O3.HI/c1-3-13(4-2)16-11-15(26-23-16)12-21-19(20)22-14-6-7-17-18(10-14)25-9-5-8-24-17;/h6-7,10-11,13H,3-5,8-9,12H2,1-2H3,(H3,20,21,22);1H. The van der Waals surface area contributed by atoms with E-state index >= 15 is 0 Å². The first-order valence-electron chi connectivity index (χ1n) is 9.11. The Hall–Kier alpha value is -1.97. The summed E-state index contributed by atoms with van der Waals surface area (Å²) in [6.07, 6.45) is 2.95. The second-order valence-electron chi connectivity index (χ2n) is 6.27. The van der Waals surface area contributed by atoms with Crippen LogP contribution in [-0.4, -0.2) is 24.3 Å². The minimum atomic E-state index is 0. The zero-order chi connectivity index (χ0) is 18.4. The fourth-order valence-corrected chi connectivity index (χ4v) is 2.89. The van der Waals surface area contributed by atoms with Gasteiger partial charge in [0.2, 0.25) is 0 Å². The number of nitrogens with one attached hydrogen (secondary N) is 1. The molecule has 27 heavy (non-hydrogen) atoms. The van der Waals surface area contributed by atoms with Crippen molar-refractivity contribution in [3.63, 3.8) is 0 Å². The average Bonchev–Trinajstić information content (AvgIpc) is 2.98. The second-order valence-corrected chi connectivity index (χ2v) is 6.27. The number of ether oxygens (including phenoxy) is 2. The summed E-state index contributed by atoms with van der Waals surface area (Å²) in [6.45, 7) is 5.95. The lowest BCUT2D eigenvalue weighted by Crippen LogP contribution is -2.22. The highest BCUT2D eigenvalue weighted by molar-refractivity contribution is 14.0. The first-order chi connectivity index (χ1) is 12.7. The van der Waals surface area contributed by atoms with Crippen LogP contribution in [-0.2, 0) is 6.54 Å². The van der Waals surface area contributed by atoms with E-state index in [0.29, 0.717) is 43.1 Å². The molecule has 0 saturated carbocycles. The highest BCUT2D eigenvalue weighted by Crippen LogP contribution is 2.32. The predicted molar refractivity (Wildman–Crippen MR) is 116 cm³/mol. The topological polar surface area (TPSA) is 94.9 Å². The van der Waals surface area contributed by atoms with Crippen LogP contribution in [0.25, 0.3) is 0 Å².